The van der Waals surface area contributed by atoms with E-state index in [4.69, 9.17) is 4.74 Å². The number of carbonyl (C=O) groups excluding carboxylic acids is 1. The molecule has 3 aliphatic heterocycles. The number of ether oxygens (including phenoxy) is 1. The number of aliphatic carboxylic acids is 1. The molecule has 1 N–H and O–H groups in total. The van der Waals surface area contributed by atoms with Crippen molar-refractivity contribution in [1.29, 1.82) is 0 Å². The lowest BCUT2D eigenvalue weighted by atomic mass is 9.74. The van der Waals surface area contributed by atoms with Gasteiger partial charge in [-0.1, -0.05) is 35.4 Å². The van der Waals surface area contributed by atoms with Gasteiger partial charge >= 0.3 is 5.97 Å². The fourth-order valence-electron chi connectivity index (χ4n) is 4.53. The standard InChI is InChI=1S/C20H21NO4/c1-11(2)10-15-20-9-8-14(25-20)16(19(23)24)17(20)18(22)21(15)13-6-4-12(3)5-7-13/h4-9,14-17H,1,10H2,2-3H3,(H,23,24)/t14-,15+,16+,17-,20-/m1/s1. The Balaban J connectivity index is 1.84. The number of fused-ring (bicyclic) bond motifs is 1. The molecule has 1 spiro atoms. The van der Waals surface area contributed by atoms with Gasteiger partial charge < -0.3 is 14.7 Å². The maximum atomic E-state index is 13.3. The third kappa shape index (κ3) is 2.12. The highest BCUT2D eigenvalue weighted by Gasteiger charge is 2.71. The number of benzene rings is 1. The van der Waals surface area contributed by atoms with Gasteiger partial charge in [-0.2, -0.15) is 0 Å². The lowest BCUT2D eigenvalue weighted by molar-refractivity contribution is -0.146. The average molecular weight is 339 g/mol. The number of hydrogen-bond acceptors (Lipinski definition) is 3. The fourth-order valence-corrected chi connectivity index (χ4v) is 4.53. The molecule has 1 amide bonds. The Morgan fingerprint density at radius 1 is 1.36 bits per heavy atom. The van der Waals surface area contributed by atoms with Gasteiger partial charge in [-0.25, -0.2) is 0 Å². The molecular formula is C20H21NO4. The number of nitrogens with zero attached hydrogens (tertiary/aromatic N) is 1. The van der Waals surface area contributed by atoms with Crippen molar-refractivity contribution < 1.29 is 19.4 Å². The van der Waals surface area contributed by atoms with Crippen molar-refractivity contribution in [2.75, 3.05) is 4.90 Å². The highest BCUT2D eigenvalue weighted by molar-refractivity contribution is 6.03. The Kier molecular flexibility index (Phi) is 3.41. The summed E-state index contributed by atoms with van der Waals surface area (Å²) in [6.07, 6.45) is 3.74. The predicted molar refractivity (Wildman–Crippen MR) is 93.2 cm³/mol. The van der Waals surface area contributed by atoms with E-state index >= 15 is 0 Å². The second kappa shape index (κ2) is 5.30. The summed E-state index contributed by atoms with van der Waals surface area (Å²) < 4.78 is 6.12. The SMILES string of the molecule is C=C(C)C[C@@H]1N(c2ccc(C)cc2)C(=O)[C@H]2[C@@H](C(=O)O)[C@H]3C=C[C@@]12O3. The van der Waals surface area contributed by atoms with Crippen molar-refractivity contribution in [3.63, 3.8) is 0 Å². The first-order chi connectivity index (χ1) is 11.8. The maximum Gasteiger partial charge on any atom is 0.310 e. The number of aryl methyl sites for hydroxylation is 1. The Morgan fingerprint density at radius 3 is 2.64 bits per heavy atom. The van der Waals surface area contributed by atoms with Crippen molar-refractivity contribution in [2.45, 2.75) is 38.0 Å². The van der Waals surface area contributed by atoms with Crippen LogP contribution in [-0.2, 0) is 14.3 Å². The maximum absolute atomic E-state index is 13.3. The third-order valence-electron chi connectivity index (χ3n) is 5.56. The summed E-state index contributed by atoms with van der Waals surface area (Å²) >= 11 is 0. The average Bonchev–Trinajstić information content (AvgIpc) is 3.18. The highest BCUT2D eigenvalue weighted by Crippen LogP contribution is 2.56. The van der Waals surface area contributed by atoms with Crippen LogP contribution in [0.15, 0.2) is 48.6 Å². The van der Waals surface area contributed by atoms with Gasteiger partial charge in [-0.15, -0.1) is 6.58 Å². The first-order valence-electron chi connectivity index (χ1n) is 8.49. The van der Waals surface area contributed by atoms with E-state index in [9.17, 15) is 14.7 Å². The molecule has 130 valence electrons. The van der Waals surface area contributed by atoms with Gasteiger partial charge in [0.25, 0.3) is 0 Å². The molecule has 4 rings (SSSR count). The molecule has 2 saturated heterocycles. The Hall–Kier alpha value is -2.40. The largest absolute Gasteiger partial charge is 0.481 e. The second-order valence-electron chi connectivity index (χ2n) is 7.36. The number of rotatable bonds is 4. The van der Waals surface area contributed by atoms with Crippen LogP contribution in [0.4, 0.5) is 5.69 Å². The summed E-state index contributed by atoms with van der Waals surface area (Å²) in [6.45, 7) is 7.91. The van der Waals surface area contributed by atoms with Gasteiger partial charge in [-0.05, 0) is 32.4 Å². The monoisotopic (exact) mass is 339 g/mol. The second-order valence-corrected chi connectivity index (χ2v) is 7.36. The predicted octanol–water partition coefficient (Wildman–Crippen LogP) is 2.70. The Morgan fingerprint density at radius 2 is 2.04 bits per heavy atom. The number of carboxylic acid groups (broad SMARTS) is 1. The Labute approximate surface area is 146 Å². The molecule has 3 aliphatic rings. The first kappa shape index (κ1) is 16.1. The van der Waals surface area contributed by atoms with E-state index in [0.717, 1.165) is 16.8 Å². The van der Waals surface area contributed by atoms with Crippen molar-refractivity contribution >= 4 is 17.6 Å². The Bertz CT molecular complexity index is 796. The minimum atomic E-state index is -0.977. The van der Waals surface area contributed by atoms with Gasteiger partial charge in [0.15, 0.2) is 0 Å². The smallest absolute Gasteiger partial charge is 0.310 e. The van der Waals surface area contributed by atoms with Crippen LogP contribution in [0.2, 0.25) is 0 Å². The number of anilines is 1. The van der Waals surface area contributed by atoms with Crippen LogP contribution in [0.3, 0.4) is 0 Å². The van der Waals surface area contributed by atoms with E-state index in [2.05, 4.69) is 6.58 Å². The number of carbonyl (C=O) groups is 2. The van der Waals surface area contributed by atoms with Crippen LogP contribution in [0, 0.1) is 18.8 Å². The number of carboxylic acids is 1. The molecule has 0 aliphatic carbocycles. The van der Waals surface area contributed by atoms with Gasteiger partial charge in [-0.3, -0.25) is 9.59 Å². The minimum absolute atomic E-state index is 0.172. The number of amides is 1. The molecule has 0 aromatic heterocycles. The van der Waals surface area contributed by atoms with Crippen molar-refractivity contribution in [2.24, 2.45) is 11.8 Å². The van der Waals surface area contributed by atoms with Crippen LogP contribution in [-0.4, -0.2) is 34.7 Å². The molecule has 0 unspecified atom stereocenters. The molecule has 3 heterocycles. The van der Waals surface area contributed by atoms with E-state index in [1.54, 1.807) is 11.0 Å². The lowest BCUT2D eigenvalue weighted by Crippen LogP contribution is -2.45. The quantitative estimate of drug-likeness (QED) is 0.857. The molecule has 5 atom stereocenters. The van der Waals surface area contributed by atoms with Crippen molar-refractivity contribution in [3.05, 3.63) is 54.1 Å². The number of hydrogen-bond donors (Lipinski definition) is 1. The fraction of sp³-hybridized carbons (Fsp3) is 0.400. The molecule has 25 heavy (non-hydrogen) atoms. The van der Waals surface area contributed by atoms with E-state index in [0.29, 0.717) is 6.42 Å². The third-order valence-corrected chi connectivity index (χ3v) is 5.56. The van der Waals surface area contributed by atoms with Crippen LogP contribution in [0.1, 0.15) is 18.9 Å². The minimum Gasteiger partial charge on any atom is -0.481 e. The summed E-state index contributed by atoms with van der Waals surface area (Å²) in [6, 6.07) is 7.44. The zero-order valence-corrected chi connectivity index (χ0v) is 14.3. The summed E-state index contributed by atoms with van der Waals surface area (Å²) in [7, 11) is 0. The van der Waals surface area contributed by atoms with Crippen molar-refractivity contribution in [1.82, 2.24) is 0 Å². The molecule has 0 saturated carbocycles. The van der Waals surface area contributed by atoms with Crippen LogP contribution < -0.4 is 4.90 Å². The molecule has 5 nitrogen and oxygen atoms in total. The van der Waals surface area contributed by atoms with E-state index in [-0.39, 0.29) is 11.9 Å². The molecule has 1 aromatic rings. The topological polar surface area (TPSA) is 66.8 Å². The van der Waals surface area contributed by atoms with Gasteiger partial charge in [0, 0.05) is 5.69 Å². The first-order valence-corrected chi connectivity index (χ1v) is 8.49. The van der Waals surface area contributed by atoms with Gasteiger partial charge in [0.1, 0.15) is 11.5 Å². The zero-order chi connectivity index (χ0) is 17.9. The van der Waals surface area contributed by atoms with Crippen LogP contribution in [0.5, 0.6) is 0 Å². The highest BCUT2D eigenvalue weighted by atomic mass is 16.5. The van der Waals surface area contributed by atoms with Crippen molar-refractivity contribution in [3.8, 4) is 0 Å². The summed E-state index contributed by atoms with van der Waals surface area (Å²) in [5.41, 5.74) is 1.93. The van der Waals surface area contributed by atoms with E-state index in [1.807, 2.05) is 44.2 Å². The van der Waals surface area contributed by atoms with E-state index < -0.39 is 29.5 Å². The van der Waals surface area contributed by atoms with Crippen LogP contribution in [0.25, 0.3) is 0 Å². The lowest BCUT2D eigenvalue weighted by Gasteiger charge is -2.33. The summed E-state index contributed by atoms with van der Waals surface area (Å²) in [4.78, 5) is 26.8. The summed E-state index contributed by atoms with van der Waals surface area (Å²) in [5, 5.41) is 9.66. The zero-order valence-electron chi connectivity index (χ0n) is 14.3. The molecule has 2 fully saturated rings. The molecule has 2 bridgehead atoms. The molecule has 1 aromatic carbocycles. The molecule has 5 heteroatoms. The molecular weight excluding hydrogens is 318 g/mol. The van der Waals surface area contributed by atoms with Crippen LogP contribution >= 0.6 is 0 Å². The van der Waals surface area contributed by atoms with E-state index in [1.165, 1.54) is 0 Å². The molecule has 0 radical (unpaired) electrons. The normalized spacial score (nSPS) is 35.3. The van der Waals surface area contributed by atoms with Gasteiger partial charge in [0.05, 0.1) is 18.1 Å². The van der Waals surface area contributed by atoms with Gasteiger partial charge in [0.2, 0.25) is 5.91 Å². The summed E-state index contributed by atoms with van der Waals surface area (Å²) in [5.74, 6) is -2.67.